The summed E-state index contributed by atoms with van der Waals surface area (Å²) >= 11 is 2.87. The molecule has 24 N–H and O–H groups in total. The number of fused-ring (bicyclic) bond motifs is 9. The van der Waals surface area contributed by atoms with Gasteiger partial charge in [0, 0.05) is 134 Å². The van der Waals surface area contributed by atoms with Crippen LogP contribution in [-0.4, -0.2) is 287 Å². The largest absolute Gasteiger partial charge is 0.481 e. The van der Waals surface area contributed by atoms with Gasteiger partial charge in [-0.2, -0.15) is 35.3 Å². The molecule has 2 aromatic heterocycles. The van der Waals surface area contributed by atoms with Crippen molar-refractivity contribution in [1.82, 2.24) is 93.8 Å². The molecular formula is C85H114N22O21S3. The van der Waals surface area contributed by atoms with Crippen LogP contribution in [0.15, 0.2) is 91.3 Å². The number of hydrogen-bond donors (Lipinski definition) is 21. The van der Waals surface area contributed by atoms with Gasteiger partial charge in [0.25, 0.3) is 0 Å². The van der Waals surface area contributed by atoms with Crippen LogP contribution in [0.3, 0.4) is 0 Å². The van der Waals surface area contributed by atoms with Crippen molar-refractivity contribution in [2.75, 3.05) is 67.6 Å². The first-order chi connectivity index (χ1) is 62.6. The molecule has 131 heavy (non-hydrogen) atoms. The molecule has 3 aliphatic heterocycles. The van der Waals surface area contributed by atoms with Gasteiger partial charge in [0.2, 0.25) is 100 Å². The Morgan fingerprint density at radius 3 is 1.47 bits per heavy atom. The van der Waals surface area contributed by atoms with Gasteiger partial charge in [-0.15, -0.1) is 0 Å². The fourth-order valence-electron chi connectivity index (χ4n) is 15.4. The summed E-state index contributed by atoms with van der Waals surface area (Å²) in [7, 11) is 0. The highest BCUT2D eigenvalue weighted by molar-refractivity contribution is 7.99. The molecule has 1 saturated carbocycles. The Hall–Kier alpha value is -13.0. The summed E-state index contributed by atoms with van der Waals surface area (Å²) in [5.41, 5.74) is 19.7. The molecule has 708 valence electrons. The van der Waals surface area contributed by atoms with Crippen molar-refractivity contribution in [3.05, 3.63) is 108 Å². The van der Waals surface area contributed by atoms with Gasteiger partial charge >= 0.3 is 11.9 Å². The minimum absolute atomic E-state index is 0.0181. The Morgan fingerprint density at radius 1 is 0.473 bits per heavy atom. The summed E-state index contributed by atoms with van der Waals surface area (Å²) in [4.78, 5) is 282. The lowest BCUT2D eigenvalue weighted by Gasteiger charge is -2.42. The van der Waals surface area contributed by atoms with Crippen molar-refractivity contribution in [3.63, 3.8) is 0 Å². The monoisotopic (exact) mass is 1870 g/mol. The zero-order chi connectivity index (χ0) is 94.8. The molecule has 5 aromatic rings. The van der Waals surface area contributed by atoms with Gasteiger partial charge in [-0.1, -0.05) is 98.8 Å². The number of nitrogens with two attached hydrogens (primary N) is 3. The first-order valence-electron chi connectivity index (χ1n) is 43.0. The third-order valence-corrected chi connectivity index (χ3v) is 25.5. The number of nitrogens with zero attached hydrogens (tertiary/aromatic N) is 3. The lowest BCUT2D eigenvalue weighted by Crippen LogP contribution is -2.61. The van der Waals surface area contributed by atoms with Gasteiger partial charge in [-0.25, -0.2) is 0 Å². The van der Waals surface area contributed by atoms with E-state index in [4.69, 9.17) is 22.6 Å². The van der Waals surface area contributed by atoms with Gasteiger partial charge in [-0.3, -0.25) is 96.5 Å². The predicted molar refractivity (Wildman–Crippen MR) is 482 cm³/mol. The van der Waals surface area contributed by atoms with Gasteiger partial charge in [0.1, 0.15) is 66.5 Å². The number of aliphatic carboxylic acids is 2. The number of para-hydroxylation sites is 2. The van der Waals surface area contributed by atoms with Crippen LogP contribution < -0.4 is 86.3 Å². The predicted octanol–water partition coefficient (Wildman–Crippen LogP) is -2.76. The van der Waals surface area contributed by atoms with Gasteiger partial charge in [0.05, 0.1) is 33.0 Å². The maximum Gasteiger partial charge on any atom is 0.305 e. The number of thioether (sulfide) groups is 3. The Morgan fingerprint density at radius 2 is 0.931 bits per heavy atom. The maximum absolute atomic E-state index is 15.6. The van der Waals surface area contributed by atoms with Crippen LogP contribution in [0.5, 0.6) is 0 Å². The van der Waals surface area contributed by atoms with Crippen molar-refractivity contribution in [2.45, 2.75) is 195 Å². The van der Waals surface area contributed by atoms with Gasteiger partial charge < -0.3 is 121 Å². The number of rotatable bonds is 22. The van der Waals surface area contributed by atoms with E-state index in [2.05, 4.69) is 79.1 Å². The van der Waals surface area contributed by atoms with Gasteiger partial charge in [-0.05, 0) is 66.8 Å². The number of carboxylic acid groups (broad SMARTS) is 2. The lowest BCUT2D eigenvalue weighted by molar-refractivity contribution is -0.158. The number of carbonyl (C=O) groups is 19. The molecule has 3 saturated heterocycles. The van der Waals surface area contributed by atoms with E-state index < -0.39 is 256 Å². The average molecular weight is 1880 g/mol. The van der Waals surface area contributed by atoms with Crippen LogP contribution in [0.25, 0.3) is 21.8 Å². The number of aromatic amines is 2. The van der Waals surface area contributed by atoms with Gasteiger partial charge in [0.15, 0.2) is 5.96 Å². The minimum atomic E-state index is -2.21. The number of nitrogens with one attached hydrogen (secondary N) is 16. The first-order valence-corrected chi connectivity index (χ1v) is 46.5. The highest BCUT2D eigenvalue weighted by atomic mass is 32.2. The van der Waals surface area contributed by atoms with Crippen molar-refractivity contribution in [1.29, 1.82) is 5.41 Å². The molecule has 43 nitrogen and oxygen atoms in total. The Balaban J connectivity index is 1.13. The van der Waals surface area contributed by atoms with Crippen LogP contribution >= 0.6 is 35.3 Å². The number of amides is 17. The summed E-state index contributed by atoms with van der Waals surface area (Å²) in [6, 6.07) is 3.55. The maximum atomic E-state index is 15.6. The van der Waals surface area contributed by atoms with Crippen LogP contribution in [0.1, 0.15) is 126 Å². The molecule has 0 spiro atoms. The number of benzene rings is 3. The second kappa shape index (κ2) is 50.8. The molecule has 0 unspecified atom stereocenters. The zero-order valence-corrected chi connectivity index (χ0v) is 74.7. The topological polar surface area (TPSA) is 664 Å². The van der Waals surface area contributed by atoms with E-state index in [9.17, 15) is 72.5 Å². The number of aromatic nitrogens is 2. The molecule has 11 atom stereocenters. The van der Waals surface area contributed by atoms with E-state index in [-0.39, 0.29) is 92.6 Å². The fraction of sp³-hybridized carbons (Fsp3) is 0.506. The lowest BCUT2D eigenvalue weighted by atomic mass is 9.84. The third-order valence-electron chi connectivity index (χ3n) is 22.3. The van der Waals surface area contributed by atoms with E-state index in [1.165, 1.54) is 14.7 Å². The summed E-state index contributed by atoms with van der Waals surface area (Å²) in [5.74, 6) is -21.7. The number of hydrogen-bond acceptors (Lipinski definition) is 23. The van der Waals surface area contributed by atoms with Crippen molar-refractivity contribution >= 4 is 175 Å². The fourth-order valence-corrected chi connectivity index (χ4v) is 18.2. The number of H-pyrrole nitrogens is 2. The highest BCUT2D eigenvalue weighted by Gasteiger charge is 2.40. The number of guanidine groups is 1. The Bertz CT molecular complexity index is 4980. The summed E-state index contributed by atoms with van der Waals surface area (Å²) in [6.07, 6.45) is 0.440. The van der Waals surface area contributed by atoms with Crippen LogP contribution in [0.4, 0.5) is 0 Å². The molecular weight excluding hydrogens is 1760 g/mol. The highest BCUT2D eigenvalue weighted by Crippen LogP contribution is 2.29. The quantitative estimate of drug-likeness (QED) is 0.0190. The molecule has 1 aliphatic carbocycles. The van der Waals surface area contributed by atoms with E-state index in [1.54, 1.807) is 91.3 Å². The van der Waals surface area contributed by atoms with E-state index in [1.807, 2.05) is 0 Å². The summed E-state index contributed by atoms with van der Waals surface area (Å²) in [6.45, 7) is -0.973. The SMILES string of the molecule is CC(=O)N[C@H]1CSCCC(=O)N2CN3CN(C2)C(=O)CCSC[C@H](NC(=O)[C@H](CC(=O)O)NC(=O)[C@H](CCC(=O)O)NC(=O)[C@H](CC2CCCCC2)NC(=O)[C@H](Cc2c[nH]c4ccccc24)NC(=O)[C@H](CCC(N)=O)NC1=O)C(=O)N[C@@H](Cc1c[nH]c2ccccc12)C(=O)N[C@@H](CCCNC(=N)N)C(=O)NCC(=O)N[C@@H](Cc1ccccc1)C(=O)N[C@H](C(N)=O)CSCCC3=O. The van der Waals surface area contributed by atoms with Crippen molar-refractivity contribution in [2.24, 2.45) is 23.1 Å². The number of primary amides is 2. The van der Waals surface area contributed by atoms with Crippen LogP contribution in [0.2, 0.25) is 0 Å². The molecule has 4 bridgehead atoms. The zero-order valence-electron chi connectivity index (χ0n) is 72.3. The molecule has 4 fully saturated rings. The molecule has 3 aromatic carbocycles. The molecule has 9 rings (SSSR count). The third kappa shape index (κ3) is 32.6. The van der Waals surface area contributed by atoms with Crippen LogP contribution in [0, 0.1) is 11.3 Å². The van der Waals surface area contributed by atoms with E-state index in [0.29, 0.717) is 64.2 Å². The van der Waals surface area contributed by atoms with Crippen LogP contribution in [-0.2, 0) is 110 Å². The minimum Gasteiger partial charge on any atom is -0.481 e. The Labute approximate surface area is 765 Å². The average Bonchev–Trinajstić information content (AvgIpc) is 1.77. The number of carboxylic acids is 2. The molecule has 4 aliphatic rings. The first kappa shape index (κ1) is 102. The molecule has 0 radical (unpaired) electrons. The van der Waals surface area contributed by atoms with E-state index >= 15 is 28.8 Å². The van der Waals surface area contributed by atoms with Crippen molar-refractivity contribution < 1.29 is 101 Å². The number of carbonyl (C=O) groups excluding carboxylic acids is 17. The smallest absolute Gasteiger partial charge is 0.305 e. The second-order valence-electron chi connectivity index (χ2n) is 32.3. The van der Waals surface area contributed by atoms with E-state index in [0.717, 1.165) is 48.6 Å². The normalized spacial score (nSPS) is 23.8. The standard InChI is InChI=1S/C85H114N22O21S3/c1-47(108)94-65-42-130-31-27-70(112)106-44-105-45-107(46-106)71(113)28-32-131-43-66(84(128)101-61(35-50-38-91-54-19-10-8-17-52(50)54)80(124)96-56(21-12-29-90-85(88)89)75(119)93-40-68(110)95-59(33-48-13-4-2-5-14-48)78(122)103-64(74(87)118)41-129-30-26-69(105)111)104-82(126)63(37-73(116)117)102-77(121)58(23-25-72(114)115)97-79(123)60(34-49-15-6-3-7-16-49)99-81(125)62(36-51-39-92-55-20-11-9-18-53(51)55)100-76(120)57(98-83(65)127)22-24-67(86)109/h2,4-5,8-11,13-14,17-20,38-39,49,56-66,91-92H,3,6-7,12,15-16,21-37,40-46H2,1H3,(H2,86,109)(H2,87,118)(H,93,119)(H,94,108)(H,95,110)(H,96,124)(H,97,123)(H,98,127)(H,99,125)(H,100,120)(H,101,128)(H,102,121)(H,103,122)(H,104,126)(H,114,115)(H,116,117)(H4,88,89,90)/t56-,57-,58-,59-,60-,61-,62-,63-,64-,65-,66-/m0/s1. The molecule has 46 heteroatoms. The summed E-state index contributed by atoms with van der Waals surface area (Å²) < 4.78 is 0. The molecule has 17 amide bonds. The summed E-state index contributed by atoms with van der Waals surface area (Å²) in [5, 5.41) is 63.1. The Kier molecular flexibility index (Phi) is 39.5. The molecule has 5 heterocycles. The second-order valence-corrected chi connectivity index (χ2v) is 35.8. The van der Waals surface area contributed by atoms with Crippen molar-refractivity contribution in [3.8, 4) is 0 Å².